The minimum absolute atomic E-state index is 0.299. The fourth-order valence-corrected chi connectivity index (χ4v) is 2.01. The molecule has 5 heteroatoms. The summed E-state index contributed by atoms with van der Waals surface area (Å²) in [6.45, 7) is 2.04. The highest BCUT2D eigenvalue weighted by atomic mass is 35.5. The average Bonchev–Trinajstić information content (AvgIpc) is 2.29. The standard InChI is InChI=1S/C12H13ClFN3/c1-2-3-8-6-11(17-15)9-4-7(13)5-10(14)12(9)16-8/h4-6H,2-3,15H2,1H3,(H,16,17). The summed E-state index contributed by atoms with van der Waals surface area (Å²) in [7, 11) is 0. The van der Waals surface area contributed by atoms with E-state index in [1.807, 2.05) is 13.0 Å². The molecule has 0 spiro atoms. The van der Waals surface area contributed by atoms with Crippen LogP contribution >= 0.6 is 11.6 Å². The molecule has 1 heterocycles. The van der Waals surface area contributed by atoms with Gasteiger partial charge in [0.05, 0.1) is 5.69 Å². The lowest BCUT2D eigenvalue weighted by molar-refractivity contribution is 0.636. The van der Waals surface area contributed by atoms with Crippen molar-refractivity contribution in [1.82, 2.24) is 4.98 Å². The summed E-state index contributed by atoms with van der Waals surface area (Å²) in [6, 6.07) is 4.73. The number of anilines is 1. The zero-order valence-electron chi connectivity index (χ0n) is 9.43. The van der Waals surface area contributed by atoms with Gasteiger partial charge in [-0.2, -0.15) is 0 Å². The van der Waals surface area contributed by atoms with Gasteiger partial charge in [-0.1, -0.05) is 24.9 Å². The molecule has 0 fully saturated rings. The maximum absolute atomic E-state index is 13.8. The Balaban J connectivity index is 2.73. The van der Waals surface area contributed by atoms with Crippen molar-refractivity contribution in [2.24, 2.45) is 5.84 Å². The molecule has 0 aliphatic rings. The van der Waals surface area contributed by atoms with Crippen LogP contribution in [0.3, 0.4) is 0 Å². The van der Waals surface area contributed by atoms with Gasteiger partial charge < -0.3 is 5.43 Å². The van der Waals surface area contributed by atoms with E-state index in [1.54, 1.807) is 6.07 Å². The summed E-state index contributed by atoms with van der Waals surface area (Å²) in [5.74, 6) is 5.01. The molecule has 0 aliphatic carbocycles. The largest absolute Gasteiger partial charge is 0.323 e. The van der Waals surface area contributed by atoms with Gasteiger partial charge >= 0.3 is 0 Å². The van der Waals surface area contributed by atoms with Gasteiger partial charge in [0, 0.05) is 16.1 Å². The molecule has 0 unspecified atom stereocenters. The molecule has 2 aromatic rings. The fourth-order valence-electron chi connectivity index (χ4n) is 1.81. The van der Waals surface area contributed by atoms with Crippen molar-refractivity contribution in [3.8, 4) is 0 Å². The minimum atomic E-state index is -0.429. The molecular formula is C12H13ClFN3. The van der Waals surface area contributed by atoms with E-state index in [0.717, 1.165) is 18.5 Å². The number of nitrogen functional groups attached to an aromatic ring is 1. The van der Waals surface area contributed by atoms with Crippen LogP contribution in [0.5, 0.6) is 0 Å². The topological polar surface area (TPSA) is 50.9 Å². The second-order valence-electron chi connectivity index (χ2n) is 3.84. The summed E-state index contributed by atoms with van der Waals surface area (Å²) in [4.78, 5) is 4.29. The number of hydrazine groups is 1. The molecule has 0 aliphatic heterocycles. The van der Waals surface area contributed by atoms with Crippen molar-refractivity contribution in [3.05, 3.63) is 34.7 Å². The summed E-state index contributed by atoms with van der Waals surface area (Å²) >= 11 is 5.82. The van der Waals surface area contributed by atoms with Crippen LogP contribution in [0.4, 0.5) is 10.1 Å². The first-order valence-corrected chi connectivity index (χ1v) is 5.78. The number of rotatable bonds is 3. The first kappa shape index (κ1) is 12.1. The maximum atomic E-state index is 13.8. The number of pyridine rings is 1. The van der Waals surface area contributed by atoms with Crippen LogP contribution in [0.25, 0.3) is 10.9 Å². The first-order valence-electron chi connectivity index (χ1n) is 5.41. The molecule has 0 amide bonds. The van der Waals surface area contributed by atoms with Crippen molar-refractivity contribution < 1.29 is 4.39 Å². The van der Waals surface area contributed by atoms with Gasteiger partial charge in [0.2, 0.25) is 0 Å². The van der Waals surface area contributed by atoms with Crippen LogP contribution in [0.1, 0.15) is 19.0 Å². The minimum Gasteiger partial charge on any atom is -0.323 e. The average molecular weight is 254 g/mol. The SMILES string of the molecule is CCCc1cc(NN)c2cc(Cl)cc(F)c2n1. The highest BCUT2D eigenvalue weighted by Crippen LogP contribution is 2.28. The third-order valence-corrected chi connectivity index (χ3v) is 2.76. The molecule has 90 valence electrons. The number of halogens is 2. The Hall–Kier alpha value is -1.39. The second kappa shape index (κ2) is 4.85. The van der Waals surface area contributed by atoms with Gasteiger partial charge in [-0.25, -0.2) is 9.37 Å². The van der Waals surface area contributed by atoms with Gasteiger partial charge in [-0.05, 0) is 24.6 Å². The number of benzene rings is 1. The highest BCUT2D eigenvalue weighted by molar-refractivity contribution is 6.31. The van der Waals surface area contributed by atoms with E-state index < -0.39 is 5.82 Å². The summed E-state index contributed by atoms with van der Waals surface area (Å²) in [5, 5.41) is 0.925. The molecule has 0 atom stereocenters. The van der Waals surface area contributed by atoms with Crippen LogP contribution in [0, 0.1) is 5.82 Å². The Bertz CT molecular complexity index is 557. The van der Waals surface area contributed by atoms with Crippen molar-refractivity contribution in [2.75, 3.05) is 5.43 Å². The number of nitrogens with one attached hydrogen (secondary N) is 1. The Morgan fingerprint density at radius 1 is 1.41 bits per heavy atom. The van der Waals surface area contributed by atoms with E-state index in [1.165, 1.54) is 6.07 Å². The molecule has 3 nitrogen and oxygen atoms in total. The number of aromatic nitrogens is 1. The van der Waals surface area contributed by atoms with Gasteiger partial charge in [0.15, 0.2) is 5.82 Å². The van der Waals surface area contributed by atoms with Crippen LogP contribution in [0.2, 0.25) is 5.02 Å². The van der Waals surface area contributed by atoms with Crippen LogP contribution in [0.15, 0.2) is 18.2 Å². The number of nitrogens with zero attached hydrogens (tertiary/aromatic N) is 1. The van der Waals surface area contributed by atoms with E-state index >= 15 is 0 Å². The summed E-state index contributed by atoms with van der Waals surface area (Å²) < 4.78 is 13.8. The Labute approximate surface area is 104 Å². The Kier molecular flexibility index (Phi) is 3.45. The third kappa shape index (κ3) is 2.33. The van der Waals surface area contributed by atoms with Crippen LogP contribution < -0.4 is 11.3 Å². The van der Waals surface area contributed by atoms with E-state index in [2.05, 4.69) is 10.4 Å². The summed E-state index contributed by atoms with van der Waals surface area (Å²) in [6.07, 6.45) is 1.73. The number of aryl methyl sites for hydroxylation is 1. The Morgan fingerprint density at radius 3 is 2.82 bits per heavy atom. The van der Waals surface area contributed by atoms with Gasteiger partial charge in [-0.3, -0.25) is 5.84 Å². The van der Waals surface area contributed by atoms with Gasteiger partial charge in [-0.15, -0.1) is 0 Å². The number of fused-ring (bicyclic) bond motifs is 1. The molecule has 1 aromatic carbocycles. The summed E-state index contributed by atoms with van der Waals surface area (Å²) in [5.41, 5.74) is 4.31. The van der Waals surface area contributed by atoms with Crippen molar-refractivity contribution in [3.63, 3.8) is 0 Å². The highest BCUT2D eigenvalue weighted by Gasteiger charge is 2.10. The van der Waals surface area contributed by atoms with E-state index in [-0.39, 0.29) is 0 Å². The normalized spacial score (nSPS) is 10.8. The third-order valence-electron chi connectivity index (χ3n) is 2.55. The maximum Gasteiger partial charge on any atom is 0.150 e. The molecule has 0 radical (unpaired) electrons. The lowest BCUT2D eigenvalue weighted by atomic mass is 10.1. The quantitative estimate of drug-likeness (QED) is 0.652. The monoisotopic (exact) mass is 253 g/mol. The number of hydrogen-bond donors (Lipinski definition) is 2. The van der Waals surface area contributed by atoms with E-state index in [9.17, 15) is 4.39 Å². The van der Waals surface area contributed by atoms with Crippen molar-refractivity contribution in [1.29, 1.82) is 0 Å². The second-order valence-corrected chi connectivity index (χ2v) is 4.28. The van der Waals surface area contributed by atoms with Crippen molar-refractivity contribution in [2.45, 2.75) is 19.8 Å². The van der Waals surface area contributed by atoms with Crippen LogP contribution in [-0.2, 0) is 6.42 Å². The van der Waals surface area contributed by atoms with Crippen LogP contribution in [-0.4, -0.2) is 4.98 Å². The predicted octanol–water partition coefficient (Wildman–Crippen LogP) is 3.27. The molecule has 0 bridgehead atoms. The molecule has 0 saturated heterocycles. The predicted molar refractivity (Wildman–Crippen MR) is 68.5 cm³/mol. The van der Waals surface area contributed by atoms with E-state index in [4.69, 9.17) is 17.4 Å². The molecule has 17 heavy (non-hydrogen) atoms. The molecule has 2 rings (SSSR count). The fraction of sp³-hybridized carbons (Fsp3) is 0.250. The number of nitrogens with two attached hydrogens (primary N) is 1. The van der Waals surface area contributed by atoms with Gasteiger partial charge in [0.25, 0.3) is 0 Å². The lowest BCUT2D eigenvalue weighted by Crippen LogP contribution is -2.09. The number of hydrogen-bond acceptors (Lipinski definition) is 3. The molecular weight excluding hydrogens is 241 g/mol. The van der Waals surface area contributed by atoms with Gasteiger partial charge in [0.1, 0.15) is 5.52 Å². The van der Waals surface area contributed by atoms with Crippen molar-refractivity contribution >= 4 is 28.2 Å². The molecule has 0 saturated carbocycles. The lowest BCUT2D eigenvalue weighted by Gasteiger charge is -2.09. The Morgan fingerprint density at radius 2 is 2.18 bits per heavy atom. The van der Waals surface area contributed by atoms with E-state index in [0.29, 0.717) is 21.6 Å². The smallest absolute Gasteiger partial charge is 0.150 e. The molecule has 1 aromatic heterocycles. The zero-order valence-corrected chi connectivity index (χ0v) is 10.2. The first-order chi connectivity index (χ1) is 8.15. The molecule has 3 N–H and O–H groups in total. The zero-order chi connectivity index (χ0) is 12.4.